The van der Waals surface area contributed by atoms with E-state index in [1.807, 2.05) is 36.4 Å². The summed E-state index contributed by atoms with van der Waals surface area (Å²) in [6.07, 6.45) is 3.94. The van der Waals surface area contributed by atoms with Crippen LogP contribution in [-0.4, -0.2) is 31.2 Å². The second-order valence-corrected chi connectivity index (χ2v) is 4.93. The summed E-state index contributed by atoms with van der Waals surface area (Å²) in [5.41, 5.74) is 3.20. The molecule has 1 heterocycles. The van der Waals surface area contributed by atoms with Gasteiger partial charge in [-0.1, -0.05) is 12.1 Å². The number of aromatic nitrogens is 1. The number of carbonyl (C=O) groups excluding carboxylic acids is 1. The van der Waals surface area contributed by atoms with E-state index < -0.39 is 0 Å². The Morgan fingerprint density at radius 3 is 2.50 bits per heavy atom. The molecule has 2 rings (SSSR count). The third-order valence-corrected chi connectivity index (χ3v) is 3.19. The number of rotatable bonds is 8. The number of benzene rings is 1. The Morgan fingerprint density at radius 2 is 1.82 bits per heavy atom. The Labute approximate surface area is 130 Å². The van der Waals surface area contributed by atoms with E-state index in [4.69, 9.17) is 4.74 Å². The summed E-state index contributed by atoms with van der Waals surface area (Å²) < 4.78 is 4.89. The summed E-state index contributed by atoms with van der Waals surface area (Å²) in [4.78, 5) is 15.7. The molecule has 5 nitrogen and oxygen atoms in total. The number of pyridine rings is 1. The summed E-state index contributed by atoms with van der Waals surface area (Å²) in [6, 6.07) is 11.9. The largest absolute Gasteiger partial charge is 0.383 e. The molecule has 22 heavy (non-hydrogen) atoms. The van der Waals surface area contributed by atoms with E-state index in [1.165, 1.54) is 5.56 Å². The van der Waals surface area contributed by atoms with Crippen molar-refractivity contribution < 1.29 is 9.53 Å². The standard InChI is InChI=1S/C17H21N3O2/c1-22-11-10-19-17(21)12-14-2-4-16(5-3-14)20-13-15-6-8-18-9-7-15/h2-9,20H,10-13H2,1H3,(H,19,21). The number of amides is 1. The SMILES string of the molecule is COCCNC(=O)Cc1ccc(NCc2ccncc2)cc1. The van der Waals surface area contributed by atoms with Crippen LogP contribution in [0, 0.1) is 0 Å². The number of ether oxygens (including phenoxy) is 1. The number of methoxy groups -OCH3 is 1. The van der Waals surface area contributed by atoms with Gasteiger partial charge < -0.3 is 15.4 Å². The van der Waals surface area contributed by atoms with Gasteiger partial charge in [-0.05, 0) is 35.4 Å². The van der Waals surface area contributed by atoms with Crippen molar-refractivity contribution in [2.24, 2.45) is 0 Å². The summed E-state index contributed by atoms with van der Waals surface area (Å²) in [6.45, 7) is 1.82. The molecule has 2 N–H and O–H groups in total. The number of nitrogens with zero attached hydrogens (tertiary/aromatic N) is 1. The smallest absolute Gasteiger partial charge is 0.224 e. The van der Waals surface area contributed by atoms with E-state index in [0.717, 1.165) is 17.8 Å². The fraction of sp³-hybridized carbons (Fsp3) is 0.294. The van der Waals surface area contributed by atoms with E-state index in [1.54, 1.807) is 19.5 Å². The molecule has 0 atom stereocenters. The van der Waals surface area contributed by atoms with Gasteiger partial charge in [0.1, 0.15) is 0 Å². The van der Waals surface area contributed by atoms with E-state index in [0.29, 0.717) is 19.6 Å². The first-order chi connectivity index (χ1) is 10.8. The lowest BCUT2D eigenvalue weighted by molar-refractivity contribution is -0.120. The Hall–Kier alpha value is -2.40. The first-order valence-corrected chi connectivity index (χ1v) is 7.25. The van der Waals surface area contributed by atoms with Crippen LogP contribution in [0.3, 0.4) is 0 Å². The van der Waals surface area contributed by atoms with Gasteiger partial charge in [-0.25, -0.2) is 0 Å². The summed E-state index contributed by atoms with van der Waals surface area (Å²) in [7, 11) is 1.61. The molecule has 116 valence electrons. The Bertz CT molecular complexity index is 570. The highest BCUT2D eigenvalue weighted by Gasteiger charge is 2.02. The molecule has 2 aromatic rings. The predicted molar refractivity (Wildman–Crippen MR) is 86.6 cm³/mol. The average molecular weight is 299 g/mol. The minimum absolute atomic E-state index is 0.00884. The summed E-state index contributed by atoms with van der Waals surface area (Å²) in [5.74, 6) is 0.00884. The molecule has 5 heteroatoms. The predicted octanol–water partition coefficient (Wildman–Crippen LogP) is 2.00. The van der Waals surface area contributed by atoms with Crippen LogP contribution in [0.1, 0.15) is 11.1 Å². The lowest BCUT2D eigenvalue weighted by Crippen LogP contribution is -2.28. The topological polar surface area (TPSA) is 63.2 Å². The number of carbonyl (C=O) groups is 1. The average Bonchev–Trinajstić information content (AvgIpc) is 2.55. The van der Waals surface area contributed by atoms with Gasteiger partial charge in [-0.2, -0.15) is 0 Å². The third kappa shape index (κ3) is 5.54. The van der Waals surface area contributed by atoms with E-state index in [-0.39, 0.29) is 5.91 Å². The zero-order valence-electron chi connectivity index (χ0n) is 12.7. The van der Waals surface area contributed by atoms with Crippen LogP contribution < -0.4 is 10.6 Å². The lowest BCUT2D eigenvalue weighted by atomic mass is 10.1. The second-order valence-electron chi connectivity index (χ2n) is 4.93. The first-order valence-electron chi connectivity index (χ1n) is 7.25. The van der Waals surface area contributed by atoms with Crippen molar-refractivity contribution in [3.8, 4) is 0 Å². The van der Waals surface area contributed by atoms with Crippen molar-refractivity contribution in [3.63, 3.8) is 0 Å². The van der Waals surface area contributed by atoms with Crippen molar-refractivity contribution in [2.45, 2.75) is 13.0 Å². The summed E-state index contributed by atoms with van der Waals surface area (Å²) >= 11 is 0. The molecule has 0 saturated carbocycles. The Balaban J connectivity index is 1.79. The molecule has 0 aliphatic heterocycles. The molecule has 1 amide bonds. The fourth-order valence-corrected chi connectivity index (χ4v) is 1.99. The highest BCUT2D eigenvalue weighted by Crippen LogP contribution is 2.11. The van der Waals surface area contributed by atoms with Crippen molar-refractivity contribution in [1.29, 1.82) is 0 Å². The quantitative estimate of drug-likeness (QED) is 0.732. The number of nitrogens with one attached hydrogen (secondary N) is 2. The molecule has 0 aliphatic rings. The van der Waals surface area contributed by atoms with Gasteiger partial charge >= 0.3 is 0 Å². The highest BCUT2D eigenvalue weighted by atomic mass is 16.5. The van der Waals surface area contributed by atoms with Crippen LogP contribution in [0.15, 0.2) is 48.8 Å². The molecule has 0 saturated heterocycles. The number of hydrogen-bond acceptors (Lipinski definition) is 4. The molecule has 0 spiro atoms. The summed E-state index contributed by atoms with van der Waals surface area (Å²) in [5, 5.41) is 6.15. The maximum absolute atomic E-state index is 11.7. The van der Waals surface area contributed by atoms with Gasteiger partial charge in [0.15, 0.2) is 0 Å². The van der Waals surface area contributed by atoms with Crippen molar-refractivity contribution in [3.05, 3.63) is 59.9 Å². The van der Waals surface area contributed by atoms with Crippen LogP contribution in [-0.2, 0) is 22.5 Å². The third-order valence-electron chi connectivity index (χ3n) is 3.19. The molecule has 1 aromatic carbocycles. The van der Waals surface area contributed by atoms with Gasteiger partial charge in [0.25, 0.3) is 0 Å². The van der Waals surface area contributed by atoms with Crippen LogP contribution in [0.5, 0.6) is 0 Å². The minimum atomic E-state index is 0.00884. The molecular weight excluding hydrogens is 278 g/mol. The van der Waals surface area contributed by atoms with E-state index in [2.05, 4.69) is 15.6 Å². The van der Waals surface area contributed by atoms with Crippen molar-refractivity contribution in [2.75, 3.05) is 25.6 Å². The molecular formula is C17H21N3O2. The van der Waals surface area contributed by atoms with Crippen LogP contribution >= 0.6 is 0 Å². The Kier molecular flexibility index (Phi) is 6.39. The number of hydrogen-bond donors (Lipinski definition) is 2. The van der Waals surface area contributed by atoms with Gasteiger partial charge in [0.05, 0.1) is 13.0 Å². The molecule has 0 aliphatic carbocycles. The van der Waals surface area contributed by atoms with Crippen LogP contribution in [0.4, 0.5) is 5.69 Å². The molecule has 0 radical (unpaired) electrons. The Morgan fingerprint density at radius 1 is 1.09 bits per heavy atom. The normalized spacial score (nSPS) is 10.2. The highest BCUT2D eigenvalue weighted by molar-refractivity contribution is 5.78. The fourth-order valence-electron chi connectivity index (χ4n) is 1.99. The zero-order valence-corrected chi connectivity index (χ0v) is 12.7. The van der Waals surface area contributed by atoms with Crippen molar-refractivity contribution in [1.82, 2.24) is 10.3 Å². The minimum Gasteiger partial charge on any atom is -0.383 e. The second kappa shape index (κ2) is 8.79. The first kappa shape index (κ1) is 16.0. The van der Waals surface area contributed by atoms with Crippen molar-refractivity contribution >= 4 is 11.6 Å². The monoisotopic (exact) mass is 299 g/mol. The lowest BCUT2D eigenvalue weighted by Gasteiger charge is -2.08. The maximum Gasteiger partial charge on any atom is 0.224 e. The number of anilines is 1. The molecule has 0 fully saturated rings. The van der Waals surface area contributed by atoms with Gasteiger partial charge in [0, 0.05) is 38.3 Å². The van der Waals surface area contributed by atoms with Crippen LogP contribution in [0.25, 0.3) is 0 Å². The molecule has 0 bridgehead atoms. The van der Waals surface area contributed by atoms with Gasteiger partial charge in [-0.3, -0.25) is 9.78 Å². The molecule has 1 aromatic heterocycles. The zero-order chi connectivity index (χ0) is 15.6. The van der Waals surface area contributed by atoms with E-state index >= 15 is 0 Å². The molecule has 0 unspecified atom stereocenters. The van der Waals surface area contributed by atoms with Gasteiger partial charge in [-0.15, -0.1) is 0 Å². The van der Waals surface area contributed by atoms with Crippen LogP contribution in [0.2, 0.25) is 0 Å². The van der Waals surface area contributed by atoms with Gasteiger partial charge in [0.2, 0.25) is 5.91 Å². The van der Waals surface area contributed by atoms with E-state index in [9.17, 15) is 4.79 Å². The maximum atomic E-state index is 11.7.